The lowest BCUT2D eigenvalue weighted by Crippen LogP contribution is -2.30. The molecule has 0 aromatic rings. The summed E-state index contributed by atoms with van der Waals surface area (Å²) in [5, 5.41) is 28.8. The molecular formula is C23H36O5S. The fraction of sp³-hybridized carbons (Fsp3) is 0.739. The number of aliphatic carboxylic acids is 1. The van der Waals surface area contributed by atoms with E-state index in [4.69, 9.17) is 5.11 Å². The second-order valence-corrected chi connectivity index (χ2v) is 9.74. The van der Waals surface area contributed by atoms with E-state index >= 15 is 0 Å². The highest BCUT2D eigenvalue weighted by Crippen LogP contribution is 2.40. The molecule has 164 valence electrons. The van der Waals surface area contributed by atoms with Crippen LogP contribution in [0.25, 0.3) is 0 Å². The Morgan fingerprint density at radius 1 is 1.17 bits per heavy atom. The summed E-state index contributed by atoms with van der Waals surface area (Å²) >= 11 is 1.66. The van der Waals surface area contributed by atoms with Crippen LogP contribution in [0, 0.1) is 11.8 Å². The molecule has 2 aliphatic rings. The average Bonchev–Trinajstić information content (AvgIpc) is 2.98. The quantitative estimate of drug-likeness (QED) is 0.322. The Hall–Kier alpha value is -1.11. The number of carboxylic acid groups (broad SMARTS) is 1. The minimum absolute atomic E-state index is 0.0702. The van der Waals surface area contributed by atoms with Crippen molar-refractivity contribution in [2.75, 3.05) is 12.4 Å². The number of allylic oxidation sites excluding steroid dienone is 3. The van der Waals surface area contributed by atoms with E-state index in [1.807, 2.05) is 12.2 Å². The zero-order chi connectivity index (χ0) is 21.1. The number of carbonyl (C=O) groups excluding carboxylic acids is 1. The molecule has 0 aromatic carbocycles. The number of carboxylic acids is 1. The van der Waals surface area contributed by atoms with Gasteiger partial charge in [0.1, 0.15) is 5.78 Å². The Bertz CT molecular complexity index is 580. The number of carbonyl (C=O) groups is 2. The number of thioether (sulfide) groups is 1. The number of ketones is 1. The monoisotopic (exact) mass is 424 g/mol. The van der Waals surface area contributed by atoms with Gasteiger partial charge in [0.25, 0.3) is 0 Å². The van der Waals surface area contributed by atoms with Gasteiger partial charge in [-0.15, -0.1) is 0 Å². The third-order valence-corrected chi connectivity index (χ3v) is 7.42. The summed E-state index contributed by atoms with van der Waals surface area (Å²) in [6.45, 7) is 0.111. The highest BCUT2D eigenvalue weighted by molar-refractivity contribution is 8.00. The molecular weight excluding hydrogens is 388 g/mol. The van der Waals surface area contributed by atoms with Crippen LogP contribution in [-0.2, 0) is 9.59 Å². The molecule has 0 saturated heterocycles. The van der Waals surface area contributed by atoms with E-state index in [0.717, 1.165) is 25.7 Å². The van der Waals surface area contributed by atoms with E-state index in [1.54, 1.807) is 11.8 Å². The molecule has 0 aliphatic heterocycles. The maximum absolute atomic E-state index is 12.6. The molecule has 29 heavy (non-hydrogen) atoms. The van der Waals surface area contributed by atoms with E-state index in [9.17, 15) is 19.8 Å². The fourth-order valence-corrected chi connectivity index (χ4v) is 5.66. The van der Waals surface area contributed by atoms with Crippen molar-refractivity contribution in [1.82, 2.24) is 0 Å². The van der Waals surface area contributed by atoms with Crippen LogP contribution >= 0.6 is 11.8 Å². The van der Waals surface area contributed by atoms with Crippen molar-refractivity contribution in [3.63, 3.8) is 0 Å². The lowest BCUT2D eigenvalue weighted by Gasteiger charge is -2.31. The molecule has 0 aromatic heterocycles. The van der Waals surface area contributed by atoms with E-state index in [0.29, 0.717) is 37.9 Å². The number of unbranched alkanes of at least 4 members (excludes halogenated alkanes) is 1. The smallest absolute Gasteiger partial charge is 0.303 e. The van der Waals surface area contributed by atoms with Crippen molar-refractivity contribution < 1.29 is 24.9 Å². The molecule has 0 unspecified atom stereocenters. The molecule has 3 atom stereocenters. The second kappa shape index (κ2) is 12.6. The molecule has 2 fully saturated rings. The molecule has 5 nitrogen and oxygen atoms in total. The van der Waals surface area contributed by atoms with Gasteiger partial charge in [-0.25, -0.2) is 0 Å². The normalized spacial score (nSPS) is 27.2. The Morgan fingerprint density at radius 2 is 1.93 bits per heavy atom. The largest absolute Gasteiger partial charge is 0.481 e. The zero-order valence-electron chi connectivity index (χ0n) is 17.3. The first-order valence-electron chi connectivity index (χ1n) is 11.0. The summed E-state index contributed by atoms with van der Waals surface area (Å²) in [7, 11) is 0. The second-order valence-electron chi connectivity index (χ2n) is 8.40. The van der Waals surface area contributed by atoms with Crippen molar-refractivity contribution in [2.45, 2.75) is 81.5 Å². The van der Waals surface area contributed by atoms with Crippen LogP contribution in [0.15, 0.2) is 24.3 Å². The Labute approximate surface area is 178 Å². The number of aliphatic hydroxyl groups is 2. The summed E-state index contributed by atoms with van der Waals surface area (Å²) in [5.74, 6) is 0.165. The van der Waals surface area contributed by atoms with Crippen LogP contribution in [0.4, 0.5) is 0 Å². The molecule has 2 aliphatic carbocycles. The van der Waals surface area contributed by atoms with Gasteiger partial charge in [-0.05, 0) is 44.4 Å². The van der Waals surface area contributed by atoms with Crippen molar-refractivity contribution in [3.05, 3.63) is 24.3 Å². The predicted molar refractivity (Wildman–Crippen MR) is 117 cm³/mol. The van der Waals surface area contributed by atoms with Crippen molar-refractivity contribution >= 4 is 23.5 Å². The van der Waals surface area contributed by atoms with Gasteiger partial charge < -0.3 is 15.3 Å². The molecule has 2 saturated carbocycles. The van der Waals surface area contributed by atoms with Crippen LogP contribution in [-0.4, -0.2) is 50.3 Å². The third-order valence-electron chi connectivity index (χ3n) is 6.09. The first-order chi connectivity index (χ1) is 13.9. The number of rotatable bonds is 12. The third kappa shape index (κ3) is 8.27. The van der Waals surface area contributed by atoms with E-state index < -0.39 is 11.6 Å². The first kappa shape index (κ1) is 24.2. The highest BCUT2D eigenvalue weighted by atomic mass is 32.2. The number of hydrogen-bond donors (Lipinski definition) is 3. The number of Topliss-reactive ketones (excluding diaryl/α,β-unsaturated/α-hetero) is 1. The average molecular weight is 425 g/mol. The van der Waals surface area contributed by atoms with Gasteiger partial charge in [0, 0.05) is 29.8 Å². The molecule has 3 N–H and O–H groups in total. The van der Waals surface area contributed by atoms with Crippen LogP contribution < -0.4 is 0 Å². The van der Waals surface area contributed by atoms with Crippen molar-refractivity contribution in [2.24, 2.45) is 11.8 Å². The molecule has 0 heterocycles. The first-order valence-corrected chi connectivity index (χ1v) is 12.0. The van der Waals surface area contributed by atoms with E-state index in [-0.39, 0.29) is 35.9 Å². The molecule has 0 bridgehead atoms. The standard InChI is InChI=1S/C23H36O5S/c24-15-16-29-21-17-20(25)18(9-4-1-2-5-11-22(26)27)19(21)10-8-14-23(28)12-6-3-7-13-23/h1,4,8,10,18-19,21,24,28H,2-3,5-7,9,11-17H2,(H,26,27)/t18-,19-,21-/m1/s1. The Balaban J connectivity index is 1.94. The Kier molecular flexibility index (Phi) is 10.5. The maximum Gasteiger partial charge on any atom is 0.303 e. The topological polar surface area (TPSA) is 94.8 Å². The lowest BCUT2D eigenvalue weighted by molar-refractivity contribution is -0.137. The maximum atomic E-state index is 12.6. The molecule has 0 amide bonds. The minimum Gasteiger partial charge on any atom is -0.481 e. The van der Waals surface area contributed by atoms with Gasteiger partial charge >= 0.3 is 5.97 Å². The number of aliphatic hydroxyl groups excluding tert-OH is 1. The van der Waals surface area contributed by atoms with Crippen LogP contribution in [0.5, 0.6) is 0 Å². The molecule has 0 radical (unpaired) electrons. The summed E-state index contributed by atoms with van der Waals surface area (Å²) in [6.07, 6.45) is 16.6. The van der Waals surface area contributed by atoms with E-state index in [1.165, 1.54) is 6.42 Å². The van der Waals surface area contributed by atoms with Crippen LogP contribution in [0.2, 0.25) is 0 Å². The van der Waals surface area contributed by atoms with Gasteiger partial charge in [-0.1, -0.05) is 43.6 Å². The molecule has 2 rings (SSSR count). The number of hydrogen-bond acceptors (Lipinski definition) is 5. The fourth-order valence-electron chi connectivity index (χ4n) is 4.47. The van der Waals surface area contributed by atoms with Crippen molar-refractivity contribution in [1.29, 1.82) is 0 Å². The van der Waals surface area contributed by atoms with E-state index in [2.05, 4.69) is 12.2 Å². The van der Waals surface area contributed by atoms with Crippen molar-refractivity contribution in [3.8, 4) is 0 Å². The minimum atomic E-state index is -0.780. The summed E-state index contributed by atoms with van der Waals surface area (Å²) in [6, 6.07) is 0. The molecule has 0 spiro atoms. The van der Waals surface area contributed by atoms with Crippen LogP contribution in [0.1, 0.15) is 70.6 Å². The predicted octanol–water partition coefficient (Wildman–Crippen LogP) is 4.13. The summed E-state index contributed by atoms with van der Waals surface area (Å²) in [5.41, 5.74) is -0.593. The summed E-state index contributed by atoms with van der Waals surface area (Å²) in [4.78, 5) is 23.2. The van der Waals surface area contributed by atoms with Gasteiger partial charge in [0.2, 0.25) is 0 Å². The van der Waals surface area contributed by atoms with Gasteiger partial charge in [0.05, 0.1) is 12.2 Å². The Morgan fingerprint density at radius 3 is 2.62 bits per heavy atom. The van der Waals surface area contributed by atoms with Gasteiger partial charge in [0.15, 0.2) is 0 Å². The van der Waals surface area contributed by atoms with Crippen LogP contribution in [0.3, 0.4) is 0 Å². The highest BCUT2D eigenvalue weighted by Gasteiger charge is 2.40. The zero-order valence-corrected chi connectivity index (χ0v) is 18.1. The SMILES string of the molecule is O=C(O)CCCC=CC[C@H]1C(=O)C[C@@H](SCCO)[C@@H]1C=CCC1(O)CCCCC1. The van der Waals surface area contributed by atoms with Gasteiger partial charge in [-0.3, -0.25) is 9.59 Å². The van der Waals surface area contributed by atoms with Gasteiger partial charge in [-0.2, -0.15) is 11.8 Å². The molecule has 6 heteroatoms. The lowest BCUT2D eigenvalue weighted by atomic mass is 9.82. The summed E-state index contributed by atoms with van der Waals surface area (Å²) < 4.78 is 0.